The Morgan fingerprint density at radius 2 is 2.06 bits per heavy atom. The lowest BCUT2D eigenvalue weighted by molar-refractivity contribution is 1.11. The highest BCUT2D eigenvalue weighted by Gasteiger charge is 2.06. The minimum atomic E-state index is 0.405. The fraction of sp³-hybridized carbons (Fsp3) is 0.0909. The Morgan fingerprint density at radius 1 is 1.24 bits per heavy atom. The van der Waals surface area contributed by atoms with Crippen LogP contribution in [0.2, 0.25) is 10.3 Å². The Labute approximate surface area is 122 Å². The topological polar surface area (TPSA) is 25.8 Å². The molecule has 0 spiro atoms. The predicted octanol–water partition coefficient (Wildman–Crippen LogP) is 4.84. The summed E-state index contributed by atoms with van der Waals surface area (Å²) in [4.78, 5) is 8.26. The van der Waals surface area contributed by atoms with E-state index in [-0.39, 0.29) is 0 Å². The third-order valence-corrected chi connectivity index (χ3v) is 4.48. The van der Waals surface area contributed by atoms with E-state index < -0.39 is 0 Å². The van der Waals surface area contributed by atoms with E-state index in [0.29, 0.717) is 16.1 Å². The van der Waals surface area contributed by atoms with Crippen LogP contribution in [0.15, 0.2) is 40.0 Å². The Morgan fingerprint density at radius 3 is 2.76 bits per heavy atom. The zero-order chi connectivity index (χ0) is 12.3. The smallest absolute Gasteiger partial charge is 0.134 e. The molecule has 0 amide bonds. The first-order chi connectivity index (χ1) is 8.16. The standard InChI is InChI=1S/C11H7BrCl2N2S/c12-8-2-1-5-15-11(8)17-6-7-3-4-9(13)16-10(7)14/h1-5H,6H2. The third kappa shape index (κ3) is 3.58. The molecule has 17 heavy (non-hydrogen) atoms. The zero-order valence-corrected chi connectivity index (χ0v) is 12.4. The van der Waals surface area contributed by atoms with Gasteiger partial charge in [0.2, 0.25) is 0 Å². The first kappa shape index (κ1) is 13.1. The van der Waals surface area contributed by atoms with Crippen LogP contribution in [0.1, 0.15) is 5.56 Å². The molecule has 88 valence electrons. The highest BCUT2D eigenvalue weighted by Crippen LogP contribution is 2.29. The van der Waals surface area contributed by atoms with Gasteiger partial charge in [-0.2, -0.15) is 0 Å². The summed E-state index contributed by atoms with van der Waals surface area (Å²) in [5.74, 6) is 0.707. The van der Waals surface area contributed by atoms with Gasteiger partial charge in [0.05, 0.1) is 0 Å². The summed E-state index contributed by atoms with van der Waals surface area (Å²) in [5.41, 5.74) is 0.943. The van der Waals surface area contributed by atoms with Gasteiger partial charge in [-0.05, 0) is 39.7 Å². The highest BCUT2D eigenvalue weighted by atomic mass is 79.9. The highest BCUT2D eigenvalue weighted by molar-refractivity contribution is 9.10. The van der Waals surface area contributed by atoms with Crippen molar-refractivity contribution in [3.05, 3.63) is 50.8 Å². The van der Waals surface area contributed by atoms with Gasteiger partial charge in [-0.25, -0.2) is 9.97 Å². The lowest BCUT2D eigenvalue weighted by atomic mass is 10.3. The van der Waals surface area contributed by atoms with Crippen LogP contribution < -0.4 is 0 Å². The van der Waals surface area contributed by atoms with Crippen molar-refractivity contribution in [1.29, 1.82) is 0 Å². The molecule has 0 radical (unpaired) electrons. The molecule has 0 aliphatic heterocycles. The summed E-state index contributed by atoms with van der Waals surface area (Å²) < 4.78 is 0.975. The molecule has 0 aliphatic carbocycles. The summed E-state index contributed by atoms with van der Waals surface area (Å²) in [6.45, 7) is 0. The molecule has 0 bridgehead atoms. The van der Waals surface area contributed by atoms with Gasteiger partial charge in [-0.1, -0.05) is 29.3 Å². The van der Waals surface area contributed by atoms with E-state index in [9.17, 15) is 0 Å². The maximum Gasteiger partial charge on any atom is 0.134 e. The molecule has 0 aromatic carbocycles. The lowest BCUT2D eigenvalue weighted by Crippen LogP contribution is -1.88. The van der Waals surface area contributed by atoms with E-state index in [1.807, 2.05) is 18.2 Å². The van der Waals surface area contributed by atoms with Crippen LogP contribution in [0, 0.1) is 0 Å². The van der Waals surface area contributed by atoms with E-state index in [0.717, 1.165) is 15.1 Å². The van der Waals surface area contributed by atoms with E-state index in [1.165, 1.54) is 0 Å². The number of thioether (sulfide) groups is 1. The van der Waals surface area contributed by atoms with Crippen molar-refractivity contribution >= 4 is 50.9 Å². The monoisotopic (exact) mass is 348 g/mol. The first-order valence-electron chi connectivity index (χ1n) is 4.71. The molecule has 2 aromatic heterocycles. The van der Waals surface area contributed by atoms with Crippen molar-refractivity contribution in [2.75, 3.05) is 0 Å². The SMILES string of the molecule is Clc1ccc(CSc2ncccc2Br)c(Cl)n1. The quantitative estimate of drug-likeness (QED) is 0.585. The Balaban J connectivity index is 2.10. The van der Waals surface area contributed by atoms with Gasteiger partial charge in [-0.15, -0.1) is 11.8 Å². The van der Waals surface area contributed by atoms with Gasteiger partial charge in [0.15, 0.2) is 0 Å². The molecular weight excluding hydrogens is 343 g/mol. The molecular formula is C11H7BrCl2N2S. The lowest BCUT2D eigenvalue weighted by Gasteiger charge is -2.04. The number of hydrogen-bond donors (Lipinski definition) is 0. The molecule has 2 heterocycles. The number of rotatable bonds is 3. The van der Waals surface area contributed by atoms with Gasteiger partial charge < -0.3 is 0 Å². The summed E-state index contributed by atoms with van der Waals surface area (Å²) >= 11 is 16.8. The first-order valence-corrected chi connectivity index (χ1v) is 7.24. The predicted molar refractivity (Wildman–Crippen MR) is 75.8 cm³/mol. The molecule has 2 aromatic rings. The van der Waals surface area contributed by atoms with E-state index in [1.54, 1.807) is 24.0 Å². The second kappa shape index (κ2) is 6.05. The number of halogens is 3. The maximum absolute atomic E-state index is 5.99. The molecule has 2 nitrogen and oxygen atoms in total. The minimum absolute atomic E-state index is 0.405. The fourth-order valence-electron chi connectivity index (χ4n) is 1.17. The minimum Gasteiger partial charge on any atom is -0.249 e. The van der Waals surface area contributed by atoms with Gasteiger partial charge >= 0.3 is 0 Å². The molecule has 0 atom stereocenters. The molecule has 6 heteroatoms. The van der Waals surface area contributed by atoms with Crippen LogP contribution in [0.25, 0.3) is 0 Å². The van der Waals surface area contributed by atoms with Gasteiger partial charge in [-0.3, -0.25) is 0 Å². The van der Waals surface area contributed by atoms with Crippen LogP contribution >= 0.6 is 50.9 Å². The van der Waals surface area contributed by atoms with Crippen molar-refractivity contribution in [2.24, 2.45) is 0 Å². The number of aromatic nitrogens is 2. The van der Waals surface area contributed by atoms with E-state index in [4.69, 9.17) is 23.2 Å². The average molecular weight is 350 g/mol. The summed E-state index contributed by atoms with van der Waals surface area (Å²) in [6, 6.07) is 7.44. The second-order valence-corrected chi connectivity index (χ2v) is 5.73. The molecule has 0 unspecified atom stereocenters. The second-order valence-electron chi connectivity index (χ2n) is 3.16. The van der Waals surface area contributed by atoms with Crippen molar-refractivity contribution in [1.82, 2.24) is 9.97 Å². The van der Waals surface area contributed by atoms with E-state index >= 15 is 0 Å². The maximum atomic E-state index is 5.99. The van der Waals surface area contributed by atoms with Crippen LogP contribution in [-0.2, 0) is 5.75 Å². The van der Waals surface area contributed by atoms with Crippen LogP contribution in [0.5, 0.6) is 0 Å². The van der Waals surface area contributed by atoms with Gasteiger partial charge in [0.25, 0.3) is 0 Å². The van der Waals surface area contributed by atoms with Crippen molar-refractivity contribution in [3.63, 3.8) is 0 Å². The van der Waals surface area contributed by atoms with Crippen LogP contribution in [0.4, 0.5) is 0 Å². The molecule has 0 N–H and O–H groups in total. The van der Waals surface area contributed by atoms with Crippen LogP contribution in [-0.4, -0.2) is 9.97 Å². The molecule has 0 fully saturated rings. The molecule has 0 saturated carbocycles. The number of nitrogens with zero attached hydrogens (tertiary/aromatic N) is 2. The van der Waals surface area contributed by atoms with Crippen LogP contribution in [0.3, 0.4) is 0 Å². The summed E-state index contributed by atoms with van der Waals surface area (Å²) in [5, 5.41) is 1.78. The van der Waals surface area contributed by atoms with Crippen molar-refractivity contribution < 1.29 is 0 Å². The zero-order valence-electron chi connectivity index (χ0n) is 8.53. The molecule has 0 aliphatic rings. The fourth-order valence-corrected chi connectivity index (χ4v) is 3.13. The normalized spacial score (nSPS) is 10.5. The largest absolute Gasteiger partial charge is 0.249 e. The average Bonchev–Trinajstić information content (AvgIpc) is 2.30. The van der Waals surface area contributed by atoms with Crippen molar-refractivity contribution in [3.8, 4) is 0 Å². The van der Waals surface area contributed by atoms with E-state index in [2.05, 4.69) is 25.9 Å². The third-order valence-electron chi connectivity index (χ3n) is 1.98. The Bertz CT molecular complexity index is 537. The number of pyridine rings is 2. The van der Waals surface area contributed by atoms with Crippen molar-refractivity contribution in [2.45, 2.75) is 10.8 Å². The summed E-state index contributed by atoms with van der Waals surface area (Å²) in [6.07, 6.45) is 1.76. The number of hydrogen-bond acceptors (Lipinski definition) is 3. The molecule has 0 saturated heterocycles. The molecule has 2 rings (SSSR count). The summed E-state index contributed by atoms with van der Waals surface area (Å²) in [7, 11) is 0. The van der Waals surface area contributed by atoms with Gasteiger partial charge in [0.1, 0.15) is 15.3 Å². The van der Waals surface area contributed by atoms with Gasteiger partial charge in [0, 0.05) is 16.4 Å². The Hall–Kier alpha value is -0.290. The Kier molecular flexibility index (Phi) is 4.68.